The van der Waals surface area contributed by atoms with E-state index >= 15 is 0 Å². The lowest BCUT2D eigenvalue weighted by Gasteiger charge is -2.23. The topological polar surface area (TPSA) is 105 Å². The Morgan fingerprint density at radius 3 is 2.48 bits per heavy atom. The van der Waals surface area contributed by atoms with Crippen LogP contribution in [0, 0.1) is 0 Å². The number of aromatic amines is 1. The van der Waals surface area contributed by atoms with Crippen molar-refractivity contribution in [3.63, 3.8) is 0 Å². The molecule has 1 fully saturated rings. The van der Waals surface area contributed by atoms with Crippen molar-refractivity contribution in [3.8, 4) is 17.2 Å². The van der Waals surface area contributed by atoms with E-state index < -0.39 is 11.5 Å². The molecule has 1 aliphatic rings. The molecule has 1 aromatic heterocycles. The zero-order valence-corrected chi connectivity index (χ0v) is 17.5. The summed E-state index contributed by atoms with van der Waals surface area (Å²) < 4.78 is 10.4. The number of methoxy groups -OCH3 is 2. The molecule has 2 heterocycles. The fraction of sp³-hybridized carbons (Fsp3) is 0.500. The number of carbonyl (C=O) groups excluding carboxylic acids is 1. The minimum Gasteiger partial charge on any atom is -1.00 e. The molecule has 0 saturated carbocycles. The van der Waals surface area contributed by atoms with Gasteiger partial charge in [0.05, 0.1) is 39.4 Å². The SMILES string of the molecule is COc1cc2[nH]c(=O)c(C(=O)NCCC[NH+]3CCCCC3)c(O)c2cc1OC.[Cl-]. The van der Waals surface area contributed by atoms with Crippen LogP contribution in [0.4, 0.5) is 0 Å². The number of nitrogens with one attached hydrogen (secondary N) is 3. The lowest BCUT2D eigenvalue weighted by Crippen LogP contribution is -3.12. The first-order valence-electron chi connectivity index (χ1n) is 9.68. The van der Waals surface area contributed by atoms with E-state index in [1.54, 1.807) is 11.0 Å². The molecule has 1 amide bonds. The Bertz CT molecular complexity index is 909. The molecule has 0 spiro atoms. The average molecular weight is 426 g/mol. The van der Waals surface area contributed by atoms with E-state index in [1.165, 1.54) is 52.6 Å². The molecule has 1 aliphatic heterocycles. The van der Waals surface area contributed by atoms with Gasteiger partial charge >= 0.3 is 0 Å². The number of piperidine rings is 1. The Balaban J connectivity index is 0.00000300. The molecular formula is C20H28ClN3O5. The molecule has 8 nitrogen and oxygen atoms in total. The van der Waals surface area contributed by atoms with Crippen molar-refractivity contribution >= 4 is 16.8 Å². The van der Waals surface area contributed by atoms with E-state index in [4.69, 9.17) is 9.47 Å². The molecule has 1 aromatic carbocycles. The maximum atomic E-state index is 12.5. The number of likely N-dealkylation sites (tertiary alicyclic amines) is 1. The second-order valence-electron chi connectivity index (χ2n) is 7.10. The minimum atomic E-state index is -0.642. The Hall–Kier alpha value is -2.45. The van der Waals surface area contributed by atoms with Gasteiger partial charge in [-0.25, -0.2) is 0 Å². The predicted molar refractivity (Wildman–Crippen MR) is 106 cm³/mol. The van der Waals surface area contributed by atoms with E-state index in [2.05, 4.69) is 10.3 Å². The van der Waals surface area contributed by atoms with Crippen molar-refractivity contribution in [1.82, 2.24) is 10.3 Å². The lowest BCUT2D eigenvalue weighted by atomic mass is 10.1. The number of ether oxygens (including phenoxy) is 2. The summed E-state index contributed by atoms with van der Waals surface area (Å²) in [7, 11) is 2.96. The molecule has 0 unspecified atom stereocenters. The monoisotopic (exact) mass is 425 g/mol. The van der Waals surface area contributed by atoms with E-state index in [0.717, 1.165) is 13.0 Å². The predicted octanol–water partition coefficient (Wildman–Crippen LogP) is -2.56. The van der Waals surface area contributed by atoms with E-state index in [-0.39, 0.29) is 23.7 Å². The molecule has 3 rings (SSSR count). The van der Waals surface area contributed by atoms with E-state index in [0.29, 0.717) is 28.9 Å². The summed E-state index contributed by atoms with van der Waals surface area (Å²) in [6, 6.07) is 3.09. The molecule has 1 saturated heterocycles. The van der Waals surface area contributed by atoms with Gasteiger partial charge in [0.25, 0.3) is 11.5 Å². The third-order valence-electron chi connectivity index (χ3n) is 5.27. The number of hydrogen-bond donors (Lipinski definition) is 4. The summed E-state index contributed by atoms with van der Waals surface area (Å²) in [6.45, 7) is 3.83. The van der Waals surface area contributed by atoms with Crippen LogP contribution in [-0.4, -0.2) is 56.4 Å². The molecular weight excluding hydrogens is 398 g/mol. The normalized spacial score (nSPS) is 14.3. The van der Waals surface area contributed by atoms with Gasteiger partial charge in [-0.1, -0.05) is 0 Å². The third kappa shape index (κ3) is 5.13. The number of amides is 1. The largest absolute Gasteiger partial charge is 1.00 e. The van der Waals surface area contributed by atoms with Gasteiger partial charge in [0.1, 0.15) is 11.3 Å². The first-order chi connectivity index (χ1) is 13.5. The van der Waals surface area contributed by atoms with Crippen LogP contribution in [-0.2, 0) is 0 Å². The second kappa shape index (κ2) is 10.4. The van der Waals surface area contributed by atoms with Gasteiger partial charge in [-0.15, -0.1) is 0 Å². The standard InChI is InChI=1S/C20H27N3O5.ClH/c1-27-15-11-13-14(12-16(15)28-2)22-20(26)17(18(13)24)19(25)21-7-6-10-23-8-4-3-5-9-23;/h11-12H,3-10H2,1-2H3,(H,21,25)(H2,22,24,26);1H. The number of hydrogen-bond acceptors (Lipinski definition) is 5. The lowest BCUT2D eigenvalue weighted by molar-refractivity contribution is -0.904. The van der Waals surface area contributed by atoms with Crippen molar-refractivity contribution in [2.24, 2.45) is 0 Å². The molecule has 0 radical (unpaired) electrons. The number of halogens is 1. The van der Waals surface area contributed by atoms with Gasteiger partial charge in [0.2, 0.25) is 0 Å². The highest BCUT2D eigenvalue weighted by molar-refractivity contribution is 6.02. The second-order valence-corrected chi connectivity index (χ2v) is 7.10. The van der Waals surface area contributed by atoms with Crippen LogP contribution in [0.25, 0.3) is 10.9 Å². The van der Waals surface area contributed by atoms with Crippen molar-refractivity contribution in [3.05, 3.63) is 28.0 Å². The Kier molecular flexibility index (Phi) is 8.16. The molecule has 29 heavy (non-hydrogen) atoms. The fourth-order valence-electron chi connectivity index (χ4n) is 3.75. The van der Waals surface area contributed by atoms with Gasteiger partial charge in [0.15, 0.2) is 11.5 Å². The van der Waals surface area contributed by atoms with Gasteiger partial charge in [-0.05, 0) is 25.3 Å². The van der Waals surface area contributed by atoms with Crippen LogP contribution in [0.3, 0.4) is 0 Å². The number of benzene rings is 1. The highest BCUT2D eigenvalue weighted by Gasteiger charge is 2.21. The number of H-pyrrole nitrogens is 1. The van der Waals surface area contributed by atoms with E-state index in [9.17, 15) is 14.7 Å². The van der Waals surface area contributed by atoms with Crippen LogP contribution in [0.5, 0.6) is 17.2 Å². The maximum Gasteiger partial charge on any atom is 0.265 e. The van der Waals surface area contributed by atoms with Crippen molar-refractivity contribution in [1.29, 1.82) is 0 Å². The Morgan fingerprint density at radius 2 is 1.83 bits per heavy atom. The number of carbonyl (C=O) groups is 1. The average Bonchev–Trinajstić information content (AvgIpc) is 2.71. The van der Waals surface area contributed by atoms with Gasteiger partial charge in [0, 0.05) is 24.4 Å². The van der Waals surface area contributed by atoms with Crippen LogP contribution in [0.2, 0.25) is 0 Å². The molecule has 4 N–H and O–H groups in total. The number of pyridine rings is 1. The van der Waals surface area contributed by atoms with Gasteiger partial charge in [-0.2, -0.15) is 0 Å². The molecule has 0 bridgehead atoms. The zero-order valence-electron chi connectivity index (χ0n) is 16.8. The van der Waals surface area contributed by atoms with Crippen LogP contribution in [0.15, 0.2) is 16.9 Å². The molecule has 0 atom stereocenters. The molecule has 0 aliphatic carbocycles. The molecule has 2 aromatic rings. The van der Waals surface area contributed by atoms with Crippen LogP contribution >= 0.6 is 0 Å². The number of rotatable bonds is 7. The molecule has 160 valence electrons. The summed E-state index contributed by atoms with van der Waals surface area (Å²) in [6.07, 6.45) is 4.66. The maximum absolute atomic E-state index is 12.5. The first kappa shape index (κ1) is 22.8. The summed E-state index contributed by atoms with van der Waals surface area (Å²) >= 11 is 0. The zero-order chi connectivity index (χ0) is 20.1. The quantitative estimate of drug-likeness (QED) is 0.365. The minimum absolute atomic E-state index is 0. The number of aromatic hydroxyl groups is 1. The number of fused-ring (bicyclic) bond motifs is 1. The highest BCUT2D eigenvalue weighted by atomic mass is 35.5. The summed E-state index contributed by atoms with van der Waals surface area (Å²) in [5.41, 5.74) is -0.563. The smallest absolute Gasteiger partial charge is 0.265 e. The molecule has 9 heteroatoms. The Morgan fingerprint density at radius 1 is 1.17 bits per heavy atom. The Labute approximate surface area is 175 Å². The van der Waals surface area contributed by atoms with Crippen molar-refractivity contribution in [2.75, 3.05) is 40.4 Å². The summed E-state index contributed by atoms with van der Waals surface area (Å²) in [5.74, 6) is -0.126. The van der Waals surface area contributed by atoms with Gasteiger partial charge in [-0.3, -0.25) is 9.59 Å². The summed E-state index contributed by atoms with van der Waals surface area (Å²) in [5, 5.41) is 13.6. The van der Waals surface area contributed by atoms with Gasteiger partial charge < -0.3 is 42.2 Å². The van der Waals surface area contributed by atoms with E-state index in [1.807, 2.05) is 0 Å². The van der Waals surface area contributed by atoms with Crippen LogP contribution < -0.4 is 37.7 Å². The first-order valence-corrected chi connectivity index (χ1v) is 9.68. The summed E-state index contributed by atoms with van der Waals surface area (Å²) in [4.78, 5) is 29.1. The number of quaternary nitrogens is 1. The van der Waals surface area contributed by atoms with Crippen molar-refractivity contribution < 1.29 is 36.7 Å². The highest BCUT2D eigenvalue weighted by Crippen LogP contribution is 2.35. The van der Waals surface area contributed by atoms with Crippen molar-refractivity contribution in [2.45, 2.75) is 25.7 Å². The third-order valence-corrected chi connectivity index (χ3v) is 5.27. The van der Waals surface area contributed by atoms with Crippen LogP contribution in [0.1, 0.15) is 36.0 Å². The fourth-order valence-corrected chi connectivity index (χ4v) is 3.75. The number of aromatic nitrogens is 1.